The summed E-state index contributed by atoms with van der Waals surface area (Å²) in [4.78, 5) is 16.5. The van der Waals surface area contributed by atoms with Gasteiger partial charge in [-0.1, -0.05) is 6.07 Å². The number of nitrogens with zero attached hydrogens (tertiary/aromatic N) is 1. The van der Waals surface area contributed by atoms with Gasteiger partial charge >= 0.3 is 0 Å². The average Bonchev–Trinajstić information content (AvgIpc) is 2.88. The lowest BCUT2D eigenvalue weighted by Gasteiger charge is -2.11. The summed E-state index contributed by atoms with van der Waals surface area (Å²) in [7, 11) is -2.90. The molecule has 0 spiro atoms. The molecule has 7 heteroatoms. The Hall–Kier alpha value is -1.60. The third-order valence-electron chi connectivity index (χ3n) is 3.89. The van der Waals surface area contributed by atoms with Gasteiger partial charge in [-0.3, -0.25) is 9.78 Å². The molecular formula is C16H18N2O3S2. The number of thioether (sulfide) groups is 1. The van der Waals surface area contributed by atoms with Crippen molar-refractivity contribution in [3.8, 4) is 0 Å². The van der Waals surface area contributed by atoms with Crippen LogP contribution in [0.2, 0.25) is 0 Å². The number of rotatable bonds is 4. The fourth-order valence-corrected chi connectivity index (χ4v) is 6.14. The van der Waals surface area contributed by atoms with E-state index in [2.05, 4.69) is 10.3 Å². The average molecular weight is 350 g/mol. The van der Waals surface area contributed by atoms with E-state index in [-0.39, 0.29) is 28.4 Å². The van der Waals surface area contributed by atoms with Crippen LogP contribution in [0.5, 0.6) is 0 Å². The van der Waals surface area contributed by atoms with E-state index in [9.17, 15) is 13.2 Å². The summed E-state index contributed by atoms with van der Waals surface area (Å²) in [5, 5.41) is 3.85. The van der Waals surface area contributed by atoms with Crippen molar-refractivity contribution >= 4 is 44.1 Å². The predicted octanol–water partition coefficient (Wildman–Crippen LogP) is 2.40. The highest BCUT2D eigenvalue weighted by atomic mass is 32.2. The van der Waals surface area contributed by atoms with E-state index in [1.807, 2.05) is 31.2 Å². The second kappa shape index (κ2) is 6.49. The van der Waals surface area contributed by atoms with Crippen LogP contribution in [0.4, 0.5) is 5.69 Å². The number of amides is 1. The Labute approximate surface area is 139 Å². The van der Waals surface area contributed by atoms with Crippen LogP contribution in [0.25, 0.3) is 10.9 Å². The van der Waals surface area contributed by atoms with Gasteiger partial charge in [0.05, 0.1) is 28.5 Å². The summed E-state index contributed by atoms with van der Waals surface area (Å²) >= 11 is 1.42. The monoisotopic (exact) mass is 350 g/mol. The molecule has 1 atom stereocenters. The molecule has 1 aromatic heterocycles. The normalized spacial score (nSPS) is 19.8. The molecule has 2 heterocycles. The Kier molecular flexibility index (Phi) is 4.59. The SMILES string of the molecule is Cc1ccc(NC(=O)CSC2CCS(=O)(=O)C2)c2cccnc12. The van der Waals surface area contributed by atoms with Gasteiger partial charge in [-0.05, 0) is 37.1 Å². The van der Waals surface area contributed by atoms with Crippen LogP contribution in [-0.2, 0) is 14.6 Å². The molecule has 0 saturated carbocycles. The maximum absolute atomic E-state index is 12.2. The lowest BCUT2D eigenvalue weighted by Crippen LogP contribution is -2.17. The molecule has 1 fully saturated rings. The molecule has 122 valence electrons. The molecule has 5 nitrogen and oxygen atoms in total. The number of hydrogen-bond donors (Lipinski definition) is 1. The van der Waals surface area contributed by atoms with Gasteiger partial charge in [0.15, 0.2) is 9.84 Å². The quantitative estimate of drug-likeness (QED) is 0.916. The summed E-state index contributed by atoms with van der Waals surface area (Å²) < 4.78 is 22.9. The van der Waals surface area contributed by atoms with Crippen LogP contribution in [0, 0.1) is 6.92 Å². The minimum Gasteiger partial charge on any atom is -0.325 e. The molecule has 1 aliphatic heterocycles. The molecule has 1 unspecified atom stereocenters. The van der Waals surface area contributed by atoms with Crippen molar-refractivity contribution in [1.82, 2.24) is 4.98 Å². The van der Waals surface area contributed by atoms with Gasteiger partial charge in [0.2, 0.25) is 5.91 Å². The van der Waals surface area contributed by atoms with Crippen LogP contribution in [0.15, 0.2) is 30.5 Å². The van der Waals surface area contributed by atoms with Gasteiger partial charge in [0, 0.05) is 16.8 Å². The lowest BCUT2D eigenvalue weighted by molar-refractivity contribution is -0.113. The minimum absolute atomic E-state index is 0.0298. The van der Waals surface area contributed by atoms with Crippen molar-refractivity contribution in [1.29, 1.82) is 0 Å². The zero-order valence-electron chi connectivity index (χ0n) is 12.8. The van der Waals surface area contributed by atoms with Crippen molar-refractivity contribution in [2.75, 3.05) is 22.6 Å². The number of benzene rings is 1. The van der Waals surface area contributed by atoms with Crippen LogP contribution in [0.3, 0.4) is 0 Å². The van der Waals surface area contributed by atoms with Gasteiger partial charge in [0.25, 0.3) is 0 Å². The number of pyridine rings is 1. The lowest BCUT2D eigenvalue weighted by atomic mass is 10.1. The smallest absolute Gasteiger partial charge is 0.234 e. The van der Waals surface area contributed by atoms with Crippen molar-refractivity contribution in [3.63, 3.8) is 0 Å². The van der Waals surface area contributed by atoms with Crippen molar-refractivity contribution < 1.29 is 13.2 Å². The van der Waals surface area contributed by atoms with Gasteiger partial charge in [-0.25, -0.2) is 8.42 Å². The summed E-state index contributed by atoms with van der Waals surface area (Å²) in [5.41, 5.74) is 2.67. The number of nitrogens with one attached hydrogen (secondary N) is 1. The van der Waals surface area contributed by atoms with Gasteiger partial charge in [-0.15, -0.1) is 11.8 Å². The Morgan fingerprint density at radius 1 is 1.39 bits per heavy atom. The Morgan fingerprint density at radius 2 is 2.22 bits per heavy atom. The maximum Gasteiger partial charge on any atom is 0.234 e. The summed E-state index contributed by atoms with van der Waals surface area (Å²) in [6.45, 7) is 1.98. The largest absolute Gasteiger partial charge is 0.325 e. The van der Waals surface area contributed by atoms with Gasteiger partial charge in [-0.2, -0.15) is 0 Å². The van der Waals surface area contributed by atoms with Gasteiger partial charge in [0.1, 0.15) is 0 Å². The first-order valence-corrected chi connectivity index (χ1v) is 10.3. The molecular weight excluding hydrogens is 332 g/mol. The number of hydrogen-bond acceptors (Lipinski definition) is 5. The van der Waals surface area contributed by atoms with Gasteiger partial charge < -0.3 is 5.32 Å². The molecule has 1 aromatic carbocycles. The highest BCUT2D eigenvalue weighted by Crippen LogP contribution is 2.26. The Balaban J connectivity index is 1.66. The number of aryl methyl sites for hydroxylation is 1. The number of carbonyl (C=O) groups excluding carboxylic acids is 1. The van der Waals surface area contributed by atoms with E-state index >= 15 is 0 Å². The molecule has 1 aliphatic rings. The molecule has 1 amide bonds. The number of aromatic nitrogens is 1. The minimum atomic E-state index is -2.90. The zero-order valence-corrected chi connectivity index (χ0v) is 14.4. The summed E-state index contributed by atoms with van der Waals surface area (Å²) in [6.07, 6.45) is 2.37. The Morgan fingerprint density at radius 3 is 2.96 bits per heavy atom. The molecule has 3 rings (SSSR count). The summed E-state index contributed by atoms with van der Waals surface area (Å²) in [6, 6.07) is 7.58. The first-order valence-electron chi connectivity index (χ1n) is 7.41. The number of anilines is 1. The second-order valence-corrected chi connectivity index (χ2v) is 9.23. The highest BCUT2D eigenvalue weighted by molar-refractivity contribution is 8.02. The molecule has 0 radical (unpaired) electrons. The fraction of sp³-hybridized carbons (Fsp3) is 0.375. The molecule has 23 heavy (non-hydrogen) atoms. The van der Waals surface area contributed by atoms with Crippen LogP contribution < -0.4 is 5.32 Å². The van der Waals surface area contributed by atoms with E-state index in [1.165, 1.54) is 11.8 Å². The van der Waals surface area contributed by atoms with E-state index in [0.29, 0.717) is 6.42 Å². The van der Waals surface area contributed by atoms with E-state index in [1.54, 1.807) is 6.20 Å². The first kappa shape index (κ1) is 16.3. The van der Waals surface area contributed by atoms with Crippen LogP contribution in [-0.4, -0.2) is 41.8 Å². The van der Waals surface area contributed by atoms with E-state index < -0.39 is 9.84 Å². The number of sulfone groups is 1. The molecule has 0 bridgehead atoms. The van der Waals surface area contributed by atoms with Crippen LogP contribution >= 0.6 is 11.8 Å². The zero-order chi connectivity index (χ0) is 16.4. The topological polar surface area (TPSA) is 76.1 Å². The highest BCUT2D eigenvalue weighted by Gasteiger charge is 2.28. The predicted molar refractivity (Wildman–Crippen MR) is 94.6 cm³/mol. The molecule has 1 saturated heterocycles. The van der Waals surface area contributed by atoms with E-state index in [0.717, 1.165) is 22.2 Å². The molecule has 0 aliphatic carbocycles. The maximum atomic E-state index is 12.2. The first-order chi connectivity index (χ1) is 10.9. The third-order valence-corrected chi connectivity index (χ3v) is 7.17. The molecule has 2 aromatic rings. The standard InChI is InChI=1S/C16H18N2O3S2/c1-11-4-5-14(13-3-2-7-17-16(11)13)18-15(19)9-22-12-6-8-23(20,21)10-12/h2-5,7,12H,6,8-10H2,1H3,(H,18,19). The fourth-order valence-electron chi connectivity index (χ4n) is 2.70. The Bertz CT molecular complexity index is 850. The van der Waals surface area contributed by atoms with Crippen molar-refractivity contribution in [2.45, 2.75) is 18.6 Å². The van der Waals surface area contributed by atoms with Crippen molar-refractivity contribution in [2.24, 2.45) is 0 Å². The number of fused-ring (bicyclic) bond motifs is 1. The third kappa shape index (κ3) is 3.84. The summed E-state index contributed by atoms with van der Waals surface area (Å²) in [5.74, 6) is 0.562. The molecule has 1 N–H and O–H groups in total. The van der Waals surface area contributed by atoms with Crippen LogP contribution in [0.1, 0.15) is 12.0 Å². The number of carbonyl (C=O) groups is 1. The van der Waals surface area contributed by atoms with Crippen molar-refractivity contribution in [3.05, 3.63) is 36.0 Å². The van der Waals surface area contributed by atoms with E-state index in [4.69, 9.17) is 0 Å². The second-order valence-electron chi connectivity index (χ2n) is 5.71.